The Labute approximate surface area is 109 Å². The maximum absolute atomic E-state index is 9.22. The molecule has 2 rings (SSSR count). The Kier molecular flexibility index (Phi) is 4.61. The van der Waals surface area contributed by atoms with Crippen LogP contribution in [0, 0.1) is 0 Å². The number of benzene rings is 1. The van der Waals surface area contributed by atoms with Crippen molar-refractivity contribution in [3.63, 3.8) is 0 Å². The van der Waals surface area contributed by atoms with Crippen molar-refractivity contribution < 1.29 is 9.84 Å². The molecule has 0 spiro atoms. The highest BCUT2D eigenvalue weighted by atomic mass is 16.5. The number of hydrogen-bond acceptors (Lipinski definition) is 3. The second kappa shape index (κ2) is 6.21. The number of rotatable bonds is 6. The molecule has 3 heteroatoms. The standard InChI is InChI=1S/C15H23NO2/c1-11(16-13-9-15(10-13)18-2)3-4-12-5-7-14(17)8-6-12/h5-8,11,13,15-17H,3-4,9-10H2,1-2H3. The number of aryl methyl sites for hydroxylation is 1. The van der Waals surface area contributed by atoms with E-state index in [1.54, 1.807) is 19.2 Å². The number of methoxy groups -OCH3 is 1. The van der Waals surface area contributed by atoms with E-state index in [-0.39, 0.29) is 0 Å². The number of phenolic OH excluding ortho intramolecular Hbond substituents is 1. The molecule has 1 aromatic rings. The number of hydrogen-bond donors (Lipinski definition) is 2. The van der Waals surface area contributed by atoms with E-state index in [2.05, 4.69) is 12.2 Å². The Morgan fingerprint density at radius 2 is 2.00 bits per heavy atom. The average Bonchev–Trinajstić information content (AvgIpc) is 2.32. The maximum atomic E-state index is 9.22. The van der Waals surface area contributed by atoms with E-state index < -0.39 is 0 Å². The molecule has 0 aliphatic heterocycles. The Hall–Kier alpha value is -1.06. The van der Waals surface area contributed by atoms with Gasteiger partial charge in [0.25, 0.3) is 0 Å². The van der Waals surface area contributed by atoms with Gasteiger partial charge in [-0.2, -0.15) is 0 Å². The molecule has 1 atom stereocenters. The molecule has 1 unspecified atom stereocenters. The second-order valence-corrected chi connectivity index (χ2v) is 5.30. The first-order valence-electron chi connectivity index (χ1n) is 6.74. The molecule has 0 radical (unpaired) electrons. The van der Waals surface area contributed by atoms with Crippen LogP contribution in [0.5, 0.6) is 5.75 Å². The molecule has 0 bridgehead atoms. The predicted octanol–water partition coefficient (Wildman–Crippen LogP) is 2.48. The fourth-order valence-corrected chi connectivity index (χ4v) is 2.43. The Balaban J connectivity index is 1.66. The number of aromatic hydroxyl groups is 1. The minimum Gasteiger partial charge on any atom is -0.508 e. The van der Waals surface area contributed by atoms with E-state index in [1.165, 1.54) is 5.56 Å². The van der Waals surface area contributed by atoms with Crippen LogP contribution in [0.3, 0.4) is 0 Å². The second-order valence-electron chi connectivity index (χ2n) is 5.30. The molecular weight excluding hydrogens is 226 g/mol. The van der Waals surface area contributed by atoms with Gasteiger partial charge in [-0.1, -0.05) is 12.1 Å². The highest BCUT2D eigenvalue weighted by molar-refractivity contribution is 5.25. The van der Waals surface area contributed by atoms with Gasteiger partial charge in [0.2, 0.25) is 0 Å². The van der Waals surface area contributed by atoms with Crippen LogP contribution >= 0.6 is 0 Å². The summed E-state index contributed by atoms with van der Waals surface area (Å²) in [6.45, 7) is 2.24. The van der Waals surface area contributed by atoms with Crippen LogP contribution in [0.2, 0.25) is 0 Å². The molecule has 3 nitrogen and oxygen atoms in total. The fraction of sp³-hybridized carbons (Fsp3) is 0.600. The molecule has 0 heterocycles. The lowest BCUT2D eigenvalue weighted by molar-refractivity contribution is 0.0145. The van der Waals surface area contributed by atoms with E-state index >= 15 is 0 Å². The number of nitrogens with one attached hydrogen (secondary N) is 1. The molecule has 1 saturated carbocycles. The van der Waals surface area contributed by atoms with Crippen molar-refractivity contribution in [3.05, 3.63) is 29.8 Å². The van der Waals surface area contributed by atoms with Gasteiger partial charge in [0, 0.05) is 19.2 Å². The zero-order valence-electron chi connectivity index (χ0n) is 11.2. The van der Waals surface area contributed by atoms with Crippen LogP contribution in [0.25, 0.3) is 0 Å². The molecule has 1 aliphatic rings. The molecule has 1 fully saturated rings. The molecule has 1 aliphatic carbocycles. The lowest BCUT2D eigenvalue weighted by atomic mass is 9.88. The first kappa shape index (κ1) is 13.4. The van der Waals surface area contributed by atoms with Crippen LogP contribution in [-0.2, 0) is 11.2 Å². The van der Waals surface area contributed by atoms with Crippen molar-refractivity contribution in [2.24, 2.45) is 0 Å². The lowest BCUT2D eigenvalue weighted by Gasteiger charge is -2.36. The highest BCUT2D eigenvalue weighted by Crippen LogP contribution is 2.23. The molecule has 1 aromatic carbocycles. The van der Waals surface area contributed by atoms with Crippen LogP contribution in [-0.4, -0.2) is 30.4 Å². The van der Waals surface area contributed by atoms with E-state index in [9.17, 15) is 5.11 Å². The molecule has 100 valence electrons. The van der Waals surface area contributed by atoms with Gasteiger partial charge < -0.3 is 15.2 Å². The molecular formula is C15H23NO2. The molecule has 0 saturated heterocycles. The van der Waals surface area contributed by atoms with E-state index in [0.717, 1.165) is 25.7 Å². The van der Waals surface area contributed by atoms with Crippen LogP contribution < -0.4 is 5.32 Å². The summed E-state index contributed by atoms with van der Waals surface area (Å²) in [4.78, 5) is 0. The third-order valence-corrected chi connectivity index (χ3v) is 3.75. The monoisotopic (exact) mass is 249 g/mol. The lowest BCUT2D eigenvalue weighted by Crippen LogP contribution is -2.48. The summed E-state index contributed by atoms with van der Waals surface area (Å²) >= 11 is 0. The molecule has 2 N–H and O–H groups in total. The third kappa shape index (κ3) is 3.72. The SMILES string of the molecule is COC1CC(NC(C)CCc2ccc(O)cc2)C1. The number of phenols is 1. The van der Waals surface area contributed by atoms with Crippen molar-refractivity contribution in [2.75, 3.05) is 7.11 Å². The molecule has 0 amide bonds. The normalized spacial score (nSPS) is 24.6. The quantitative estimate of drug-likeness (QED) is 0.814. The van der Waals surface area contributed by atoms with Gasteiger partial charge in [-0.15, -0.1) is 0 Å². The third-order valence-electron chi connectivity index (χ3n) is 3.75. The predicted molar refractivity (Wildman–Crippen MR) is 72.8 cm³/mol. The van der Waals surface area contributed by atoms with Crippen molar-refractivity contribution >= 4 is 0 Å². The highest BCUT2D eigenvalue weighted by Gasteiger charge is 2.29. The average molecular weight is 249 g/mol. The summed E-state index contributed by atoms with van der Waals surface area (Å²) in [5, 5.41) is 12.8. The van der Waals surface area contributed by atoms with E-state index in [0.29, 0.717) is 23.9 Å². The van der Waals surface area contributed by atoms with Gasteiger partial charge in [-0.3, -0.25) is 0 Å². The molecule has 0 aromatic heterocycles. The minimum absolute atomic E-state index is 0.338. The summed E-state index contributed by atoms with van der Waals surface area (Å²) in [6, 6.07) is 8.65. The molecule has 18 heavy (non-hydrogen) atoms. The van der Waals surface area contributed by atoms with Gasteiger partial charge in [0.05, 0.1) is 6.10 Å². The summed E-state index contributed by atoms with van der Waals surface area (Å²) in [5.41, 5.74) is 1.28. The van der Waals surface area contributed by atoms with Crippen molar-refractivity contribution in [2.45, 2.75) is 50.8 Å². The zero-order chi connectivity index (χ0) is 13.0. The summed E-state index contributed by atoms with van der Waals surface area (Å²) < 4.78 is 5.27. The van der Waals surface area contributed by atoms with Crippen LogP contribution in [0.4, 0.5) is 0 Å². The smallest absolute Gasteiger partial charge is 0.115 e. The van der Waals surface area contributed by atoms with Crippen molar-refractivity contribution in [3.8, 4) is 5.75 Å². The minimum atomic E-state index is 0.338. The first-order chi connectivity index (χ1) is 8.67. The van der Waals surface area contributed by atoms with Crippen LogP contribution in [0.1, 0.15) is 31.7 Å². The Bertz CT molecular complexity index is 357. The fourth-order valence-electron chi connectivity index (χ4n) is 2.43. The zero-order valence-corrected chi connectivity index (χ0v) is 11.2. The van der Waals surface area contributed by atoms with E-state index in [1.807, 2.05) is 12.1 Å². The summed E-state index contributed by atoms with van der Waals surface area (Å²) in [6.07, 6.45) is 4.92. The number of ether oxygens (including phenoxy) is 1. The first-order valence-corrected chi connectivity index (χ1v) is 6.74. The largest absolute Gasteiger partial charge is 0.508 e. The van der Waals surface area contributed by atoms with E-state index in [4.69, 9.17) is 4.74 Å². The Morgan fingerprint density at radius 3 is 2.61 bits per heavy atom. The van der Waals surface area contributed by atoms with Gasteiger partial charge in [-0.05, 0) is 50.3 Å². The van der Waals surface area contributed by atoms with Gasteiger partial charge in [0.15, 0.2) is 0 Å². The summed E-state index contributed by atoms with van der Waals surface area (Å²) in [5.74, 6) is 0.338. The van der Waals surface area contributed by atoms with Gasteiger partial charge >= 0.3 is 0 Å². The van der Waals surface area contributed by atoms with Gasteiger partial charge in [-0.25, -0.2) is 0 Å². The van der Waals surface area contributed by atoms with Crippen molar-refractivity contribution in [1.29, 1.82) is 0 Å². The van der Waals surface area contributed by atoms with Crippen molar-refractivity contribution in [1.82, 2.24) is 5.32 Å². The van der Waals surface area contributed by atoms with Crippen LogP contribution in [0.15, 0.2) is 24.3 Å². The topological polar surface area (TPSA) is 41.5 Å². The Morgan fingerprint density at radius 1 is 1.33 bits per heavy atom. The maximum Gasteiger partial charge on any atom is 0.115 e. The van der Waals surface area contributed by atoms with Gasteiger partial charge in [0.1, 0.15) is 5.75 Å². The summed E-state index contributed by atoms with van der Waals surface area (Å²) in [7, 11) is 1.79.